The molecule has 2 fully saturated rings. The summed E-state index contributed by atoms with van der Waals surface area (Å²) in [5, 5.41) is 0. The molecule has 0 aromatic rings. The van der Waals surface area contributed by atoms with Crippen molar-refractivity contribution >= 4 is 0 Å². The van der Waals surface area contributed by atoms with Crippen molar-refractivity contribution in [3.8, 4) is 0 Å². The van der Waals surface area contributed by atoms with Crippen LogP contribution in [0.15, 0.2) is 0 Å². The number of hydrogen-bond acceptors (Lipinski definition) is 1. The lowest BCUT2D eigenvalue weighted by Crippen LogP contribution is -2.52. The summed E-state index contributed by atoms with van der Waals surface area (Å²) >= 11 is 0. The topological polar surface area (TPSA) is 9.23 Å². The second kappa shape index (κ2) is 2.47. The number of ether oxygens (including phenoxy) is 1. The van der Waals surface area contributed by atoms with Gasteiger partial charge in [-0.25, -0.2) is 0 Å². The maximum Gasteiger partial charge on any atom is 0.0716 e. The molecule has 1 spiro atoms. The summed E-state index contributed by atoms with van der Waals surface area (Å²) in [6.45, 7) is 8.05. The van der Waals surface area contributed by atoms with E-state index in [1.54, 1.807) is 0 Å². The summed E-state index contributed by atoms with van der Waals surface area (Å²) in [5.74, 6) is 0.812. The molecular formula is C11H20O. The average molecular weight is 168 g/mol. The van der Waals surface area contributed by atoms with Gasteiger partial charge in [0.25, 0.3) is 0 Å². The number of hydrogen-bond donors (Lipinski definition) is 0. The first-order valence-electron chi connectivity index (χ1n) is 5.19. The first kappa shape index (κ1) is 8.55. The van der Waals surface area contributed by atoms with Crippen LogP contribution in [0.2, 0.25) is 0 Å². The molecule has 1 heteroatoms. The average Bonchev–Trinajstić information content (AvgIpc) is 2.28. The van der Waals surface area contributed by atoms with Gasteiger partial charge in [0, 0.05) is 6.61 Å². The van der Waals surface area contributed by atoms with Crippen molar-refractivity contribution in [2.45, 2.75) is 52.1 Å². The summed E-state index contributed by atoms with van der Waals surface area (Å²) in [4.78, 5) is 0. The summed E-state index contributed by atoms with van der Waals surface area (Å²) in [6, 6.07) is 0. The van der Waals surface area contributed by atoms with Crippen LogP contribution in [0.5, 0.6) is 0 Å². The fraction of sp³-hybridized carbons (Fsp3) is 1.00. The van der Waals surface area contributed by atoms with E-state index in [4.69, 9.17) is 4.74 Å². The van der Waals surface area contributed by atoms with Gasteiger partial charge < -0.3 is 4.74 Å². The Morgan fingerprint density at radius 2 is 2.00 bits per heavy atom. The van der Waals surface area contributed by atoms with Crippen molar-refractivity contribution < 1.29 is 4.74 Å². The first-order valence-corrected chi connectivity index (χ1v) is 5.19. The van der Waals surface area contributed by atoms with Crippen LogP contribution in [0.1, 0.15) is 46.5 Å². The lowest BCUT2D eigenvalue weighted by Gasteiger charge is -2.52. The van der Waals surface area contributed by atoms with E-state index in [-0.39, 0.29) is 0 Å². The molecule has 1 saturated carbocycles. The summed E-state index contributed by atoms with van der Waals surface area (Å²) < 4.78 is 5.92. The minimum Gasteiger partial charge on any atom is -0.375 e. The Kier molecular flexibility index (Phi) is 1.76. The maximum absolute atomic E-state index is 5.92. The minimum atomic E-state index is 0.318. The fourth-order valence-corrected chi connectivity index (χ4v) is 3.02. The molecule has 0 aromatic heterocycles. The van der Waals surface area contributed by atoms with E-state index in [1.807, 2.05) is 0 Å². The quantitative estimate of drug-likeness (QED) is 0.540. The molecule has 0 bridgehead atoms. The van der Waals surface area contributed by atoms with Gasteiger partial charge in [-0.2, -0.15) is 0 Å². The molecule has 0 N–H and O–H groups in total. The second-order valence-electron chi connectivity index (χ2n) is 5.47. The Hall–Kier alpha value is -0.0400. The van der Waals surface area contributed by atoms with Crippen molar-refractivity contribution in [3.05, 3.63) is 0 Å². The van der Waals surface area contributed by atoms with E-state index in [0.717, 1.165) is 12.5 Å². The standard InChI is InChI=1S/C11H20O/c1-10(2,3)9-5-7-11(9)6-4-8-12-11/h9H,4-8H2,1-3H3/t9?,11-/m0/s1. The largest absolute Gasteiger partial charge is 0.375 e. The fourth-order valence-electron chi connectivity index (χ4n) is 3.02. The van der Waals surface area contributed by atoms with Gasteiger partial charge in [-0.05, 0) is 37.0 Å². The lowest BCUT2D eigenvalue weighted by atomic mass is 9.57. The lowest BCUT2D eigenvalue weighted by molar-refractivity contribution is -0.147. The third kappa shape index (κ3) is 1.10. The molecular weight excluding hydrogens is 148 g/mol. The third-order valence-corrected chi connectivity index (χ3v) is 3.67. The zero-order chi connectivity index (χ0) is 8.82. The van der Waals surface area contributed by atoms with Crippen LogP contribution in [0.25, 0.3) is 0 Å². The molecule has 1 heterocycles. The normalized spacial score (nSPS) is 41.8. The SMILES string of the molecule is CC(C)(C)C1CC[C@@]12CCCO2. The Morgan fingerprint density at radius 3 is 2.33 bits per heavy atom. The van der Waals surface area contributed by atoms with E-state index < -0.39 is 0 Å². The predicted octanol–water partition coefficient (Wildman–Crippen LogP) is 2.99. The Morgan fingerprint density at radius 1 is 1.25 bits per heavy atom. The van der Waals surface area contributed by atoms with Gasteiger partial charge in [0.15, 0.2) is 0 Å². The summed E-state index contributed by atoms with van der Waals surface area (Å²) in [6.07, 6.45) is 5.29. The zero-order valence-corrected chi connectivity index (χ0v) is 8.52. The van der Waals surface area contributed by atoms with Crippen LogP contribution in [0.4, 0.5) is 0 Å². The molecule has 1 aliphatic heterocycles. The highest BCUT2D eigenvalue weighted by atomic mass is 16.5. The highest BCUT2D eigenvalue weighted by molar-refractivity contribution is 5.04. The number of rotatable bonds is 0. The van der Waals surface area contributed by atoms with Crippen LogP contribution in [-0.2, 0) is 4.74 Å². The highest BCUT2D eigenvalue weighted by Crippen LogP contribution is 2.55. The summed E-state index contributed by atoms with van der Waals surface area (Å²) in [5.41, 5.74) is 0.765. The van der Waals surface area contributed by atoms with E-state index in [0.29, 0.717) is 11.0 Å². The zero-order valence-electron chi connectivity index (χ0n) is 8.52. The molecule has 12 heavy (non-hydrogen) atoms. The van der Waals surface area contributed by atoms with Crippen LogP contribution in [-0.4, -0.2) is 12.2 Å². The Balaban J connectivity index is 2.09. The maximum atomic E-state index is 5.92. The van der Waals surface area contributed by atoms with E-state index in [2.05, 4.69) is 20.8 Å². The van der Waals surface area contributed by atoms with Crippen LogP contribution in [0.3, 0.4) is 0 Å². The second-order valence-corrected chi connectivity index (χ2v) is 5.47. The molecule has 0 amide bonds. The molecule has 2 atom stereocenters. The Labute approximate surface area is 75.5 Å². The van der Waals surface area contributed by atoms with Crippen LogP contribution >= 0.6 is 0 Å². The molecule has 70 valence electrons. The van der Waals surface area contributed by atoms with Gasteiger partial charge in [-0.15, -0.1) is 0 Å². The smallest absolute Gasteiger partial charge is 0.0716 e. The van der Waals surface area contributed by atoms with Crippen molar-refractivity contribution in [2.24, 2.45) is 11.3 Å². The molecule has 1 aliphatic carbocycles. The molecule has 0 aromatic carbocycles. The minimum absolute atomic E-state index is 0.318. The Bertz CT molecular complexity index is 172. The summed E-state index contributed by atoms with van der Waals surface area (Å²) in [7, 11) is 0. The van der Waals surface area contributed by atoms with E-state index in [1.165, 1.54) is 25.7 Å². The van der Waals surface area contributed by atoms with Gasteiger partial charge in [-0.1, -0.05) is 20.8 Å². The van der Waals surface area contributed by atoms with Crippen molar-refractivity contribution in [1.82, 2.24) is 0 Å². The van der Waals surface area contributed by atoms with E-state index >= 15 is 0 Å². The molecule has 1 nitrogen and oxygen atoms in total. The monoisotopic (exact) mass is 168 g/mol. The first-order chi connectivity index (χ1) is 5.55. The molecule has 0 radical (unpaired) electrons. The van der Waals surface area contributed by atoms with Crippen molar-refractivity contribution in [3.63, 3.8) is 0 Å². The predicted molar refractivity (Wildman–Crippen MR) is 50.1 cm³/mol. The van der Waals surface area contributed by atoms with Gasteiger partial charge in [-0.3, -0.25) is 0 Å². The molecule has 2 rings (SSSR count). The third-order valence-electron chi connectivity index (χ3n) is 3.67. The van der Waals surface area contributed by atoms with Crippen LogP contribution < -0.4 is 0 Å². The van der Waals surface area contributed by atoms with E-state index in [9.17, 15) is 0 Å². The van der Waals surface area contributed by atoms with Crippen molar-refractivity contribution in [2.75, 3.05) is 6.61 Å². The molecule has 1 unspecified atom stereocenters. The van der Waals surface area contributed by atoms with Gasteiger partial charge in [0.2, 0.25) is 0 Å². The van der Waals surface area contributed by atoms with Gasteiger partial charge in [0.05, 0.1) is 5.60 Å². The van der Waals surface area contributed by atoms with Crippen molar-refractivity contribution in [1.29, 1.82) is 0 Å². The van der Waals surface area contributed by atoms with Gasteiger partial charge >= 0.3 is 0 Å². The van der Waals surface area contributed by atoms with Crippen LogP contribution in [0, 0.1) is 11.3 Å². The molecule has 1 saturated heterocycles. The highest BCUT2D eigenvalue weighted by Gasteiger charge is 2.53. The molecule has 2 aliphatic rings. The van der Waals surface area contributed by atoms with Gasteiger partial charge in [0.1, 0.15) is 0 Å².